The summed E-state index contributed by atoms with van der Waals surface area (Å²) in [7, 11) is 6.02. The first-order valence-electron chi connectivity index (χ1n) is 4.87. The van der Waals surface area contributed by atoms with Gasteiger partial charge in [-0.2, -0.15) is 0 Å². The first kappa shape index (κ1) is 13.8. The molecule has 0 bridgehead atoms. The standard InChI is InChI=1S/C11H20NO3/c1-9(2)10(13)8-11(14)15-7-6-12(3,4)5/h1,6-8H2,2-5H3/q+1. The Hall–Kier alpha value is -1.16. The van der Waals surface area contributed by atoms with Gasteiger partial charge < -0.3 is 9.22 Å². The molecule has 15 heavy (non-hydrogen) atoms. The average molecular weight is 214 g/mol. The number of hydrogen-bond donors (Lipinski definition) is 0. The van der Waals surface area contributed by atoms with Gasteiger partial charge in [-0.3, -0.25) is 9.59 Å². The number of hydrogen-bond acceptors (Lipinski definition) is 3. The third-order valence-corrected chi connectivity index (χ3v) is 1.81. The number of quaternary nitrogens is 1. The fourth-order valence-electron chi connectivity index (χ4n) is 0.766. The minimum atomic E-state index is -0.476. The highest BCUT2D eigenvalue weighted by Crippen LogP contribution is 1.98. The first-order valence-corrected chi connectivity index (χ1v) is 4.87. The third-order valence-electron chi connectivity index (χ3n) is 1.81. The zero-order valence-corrected chi connectivity index (χ0v) is 10.0. The van der Waals surface area contributed by atoms with Gasteiger partial charge in [0.1, 0.15) is 19.6 Å². The normalized spacial score (nSPS) is 10.9. The Morgan fingerprint density at radius 1 is 1.27 bits per heavy atom. The van der Waals surface area contributed by atoms with Gasteiger partial charge in [0.05, 0.1) is 21.1 Å². The van der Waals surface area contributed by atoms with Crippen molar-refractivity contribution in [1.82, 2.24) is 0 Å². The summed E-state index contributed by atoms with van der Waals surface area (Å²) in [6.07, 6.45) is -0.202. The molecule has 0 saturated heterocycles. The number of nitrogens with zero attached hydrogens (tertiary/aromatic N) is 1. The van der Waals surface area contributed by atoms with Crippen molar-refractivity contribution in [2.24, 2.45) is 0 Å². The Labute approximate surface area is 91.1 Å². The van der Waals surface area contributed by atoms with E-state index >= 15 is 0 Å². The summed E-state index contributed by atoms with van der Waals surface area (Å²) in [4.78, 5) is 22.3. The molecule has 0 rings (SSSR count). The number of ether oxygens (including phenoxy) is 1. The molecule has 4 nitrogen and oxygen atoms in total. The lowest BCUT2D eigenvalue weighted by molar-refractivity contribution is -0.870. The summed E-state index contributed by atoms with van der Waals surface area (Å²) in [6.45, 7) is 6.12. The van der Waals surface area contributed by atoms with Crippen molar-refractivity contribution in [2.45, 2.75) is 13.3 Å². The third kappa shape index (κ3) is 7.88. The van der Waals surface area contributed by atoms with E-state index in [1.807, 2.05) is 21.1 Å². The van der Waals surface area contributed by atoms with Crippen LogP contribution in [0.1, 0.15) is 13.3 Å². The van der Waals surface area contributed by atoms with E-state index in [2.05, 4.69) is 6.58 Å². The number of esters is 1. The van der Waals surface area contributed by atoms with Crippen LogP contribution in [-0.4, -0.2) is 50.5 Å². The molecule has 0 aliphatic heterocycles. The van der Waals surface area contributed by atoms with Crippen molar-refractivity contribution in [1.29, 1.82) is 0 Å². The van der Waals surface area contributed by atoms with E-state index in [0.717, 1.165) is 11.0 Å². The minimum Gasteiger partial charge on any atom is -0.459 e. The number of carbonyl (C=O) groups is 2. The Kier molecular flexibility index (Phi) is 5.22. The van der Waals surface area contributed by atoms with Gasteiger partial charge in [-0.25, -0.2) is 0 Å². The second kappa shape index (κ2) is 5.66. The Morgan fingerprint density at radius 2 is 1.80 bits per heavy atom. The molecule has 0 fully saturated rings. The molecule has 0 atom stereocenters. The SMILES string of the molecule is C=C(C)C(=O)CC(=O)OCC[N+](C)(C)C. The number of allylic oxidation sites excluding steroid dienone is 1. The average Bonchev–Trinajstić information content (AvgIpc) is 2.01. The Balaban J connectivity index is 3.77. The first-order chi connectivity index (χ1) is 6.72. The number of likely N-dealkylation sites (N-methyl/N-ethyl adjacent to an activating group) is 1. The molecule has 0 aromatic rings. The molecular formula is C11H20NO3+. The molecular weight excluding hydrogens is 194 g/mol. The number of Topliss-reactive ketones (excluding diaryl/α,β-unsaturated/α-hetero) is 1. The van der Waals surface area contributed by atoms with E-state index in [0.29, 0.717) is 12.2 Å². The van der Waals surface area contributed by atoms with Gasteiger partial charge in [0, 0.05) is 0 Å². The largest absolute Gasteiger partial charge is 0.459 e. The van der Waals surface area contributed by atoms with Crippen LogP contribution in [-0.2, 0) is 14.3 Å². The van der Waals surface area contributed by atoms with Crippen molar-refractivity contribution in [3.63, 3.8) is 0 Å². The number of carbonyl (C=O) groups excluding carboxylic acids is 2. The van der Waals surface area contributed by atoms with Crippen LogP contribution in [0.3, 0.4) is 0 Å². The van der Waals surface area contributed by atoms with Crippen LogP contribution in [0.4, 0.5) is 0 Å². The highest BCUT2D eigenvalue weighted by atomic mass is 16.5. The van der Waals surface area contributed by atoms with Crippen LogP contribution in [0.25, 0.3) is 0 Å². The van der Waals surface area contributed by atoms with E-state index in [-0.39, 0.29) is 12.2 Å². The lowest BCUT2D eigenvalue weighted by atomic mass is 10.2. The van der Waals surface area contributed by atoms with Crippen LogP contribution in [0.2, 0.25) is 0 Å². The van der Waals surface area contributed by atoms with E-state index in [4.69, 9.17) is 4.74 Å². The summed E-state index contributed by atoms with van der Waals surface area (Å²) in [5.41, 5.74) is 0.388. The molecule has 0 spiro atoms. The molecule has 0 unspecified atom stereocenters. The Morgan fingerprint density at radius 3 is 2.20 bits per heavy atom. The highest BCUT2D eigenvalue weighted by Gasteiger charge is 2.13. The molecule has 0 aliphatic rings. The molecule has 86 valence electrons. The molecule has 0 saturated carbocycles. The van der Waals surface area contributed by atoms with E-state index in [1.165, 1.54) is 0 Å². The smallest absolute Gasteiger partial charge is 0.313 e. The molecule has 0 N–H and O–H groups in total. The van der Waals surface area contributed by atoms with Crippen molar-refractivity contribution >= 4 is 11.8 Å². The number of rotatable bonds is 6. The summed E-state index contributed by atoms with van der Waals surface area (Å²) >= 11 is 0. The maximum atomic E-state index is 11.2. The second-order valence-corrected chi connectivity index (χ2v) is 4.61. The zero-order valence-electron chi connectivity index (χ0n) is 10.0. The van der Waals surface area contributed by atoms with Gasteiger partial charge in [-0.1, -0.05) is 6.58 Å². The lowest BCUT2D eigenvalue weighted by Crippen LogP contribution is -2.38. The molecule has 0 amide bonds. The molecule has 4 heteroatoms. The lowest BCUT2D eigenvalue weighted by Gasteiger charge is -2.23. The van der Waals surface area contributed by atoms with Crippen molar-refractivity contribution in [2.75, 3.05) is 34.3 Å². The van der Waals surface area contributed by atoms with Crippen molar-refractivity contribution in [3.8, 4) is 0 Å². The van der Waals surface area contributed by atoms with Gasteiger partial charge in [0.2, 0.25) is 0 Å². The van der Waals surface area contributed by atoms with Gasteiger partial charge in [-0.05, 0) is 12.5 Å². The van der Waals surface area contributed by atoms with Gasteiger partial charge in [0.25, 0.3) is 0 Å². The molecule has 0 heterocycles. The maximum Gasteiger partial charge on any atom is 0.313 e. The summed E-state index contributed by atoms with van der Waals surface area (Å²) in [6, 6.07) is 0. The predicted molar refractivity (Wildman–Crippen MR) is 58.3 cm³/mol. The topological polar surface area (TPSA) is 43.4 Å². The van der Waals surface area contributed by atoms with Gasteiger partial charge >= 0.3 is 5.97 Å². The monoisotopic (exact) mass is 214 g/mol. The molecule has 0 aromatic heterocycles. The van der Waals surface area contributed by atoms with Crippen molar-refractivity contribution in [3.05, 3.63) is 12.2 Å². The predicted octanol–water partition coefficient (Wildman–Crippen LogP) is 0.771. The van der Waals surface area contributed by atoms with E-state index < -0.39 is 5.97 Å². The fourth-order valence-corrected chi connectivity index (χ4v) is 0.766. The quantitative estimate of drug-likeness (QED) is 0.284. The van der Waals surface area contributed by atoms with Gasteiger partial charge in [-0.15, -0.1) is 0 Å². The fraction of sp³-hybridized carbons (Fsp3) is 0.636. The van der Waals surface area contributed by atoms with E-state index in [9.17, 15) is 9.59 Å². The van der Waals surface area contributed by atoms with Crippen LogP contribution < -0.4 is 0 Å². The highest BCUT2D eigenvalue weighted by molar-refractivity contribution is 6.04. The maximum absolute atomic E-state index is 11.2. The van der Waals surface area contributed by atoms with Crippen LogP contribution >= 0.6 is 0 Å². The van der Waals surface area contributed by atoms with Crippen LogP contribution in [0, 0.1) is 0 Å². The number of ketones is 1. The minimum absolute atomic E-state index is 0.202. The summed E-state index contributed by atoms with van der Waals surface area (Å²) < 4.78 is 5.65. The van der Waals surface area contributed by atoms with Crippen LogP contribution in [0.15, 0.2) is 12.2 Å². The van der Waals surface area contributed by atoms with Crippen molar-refractivity contribution < 1.29 is 18.8 Å². The van der Waals surface area contributed by atoms with Gasteiger partial charge in [0.15, 0.2) is 5.78 Å². The second-order valence-electron chi connectivity index (χ2n) is 4.61. The molecule has 0 radical (unpaired) electrons. The van der Waals surface area contributed by atoms with Crippen LogP contribution in [0.5, 0.6) is 0 Å². The zero-order chi connectivity index (χ0) is 12.1. The Bertz CT molecular complexity index is 263. The molecule has 0 aliphatic carbocycles. The van der Waals surface area contributed by atoms with E-state index in [1.54, 1.807) is 6.92 Å². The summed E-state index contributed by atoms with van der Waals surface area (Å²) in [5.74, 6) is -0.735. The molecule has 0 aromatic carbocycles. The summed E-state index contributed by atoms with van der Waals surface area (Å²) in [5, 5.41) is 0.